The van der Waals surface area contributed by atoms with Gasteiger partial charge in [-0.25, -0.2) is 0 Å². The molecule has 5 heteroatoms. The first kappa shape index (κ1) is 16.1. The molecular formula is C14H25N3O2. The van der Waals surface area contributed by atoms with Crippen molar-refractivity contribution in [1.29, 1.82) is 0 Å². The number of hydrogen-bond acceptors (Lipinski definition) is 5. The van der Waals surface area contributed by atoms with Crippen LogP contribution in [0.2, 0.25) is 0 Å². The summed E-state index contributed by atoms with van der Waals surface area (Å²) in [7, 11) is 3.18. The van der Waals surface area contributed by atoms with Crippen molar-refractivity contribution < 1.29 is 9.47 Å². The first-order valence-electron chi connectivity index (χ1n) is 6.44. The summed E-state index contributed by atoms with van der Waals surface area (Å²) in [6.45, 7) is 1.99. The molecule has 0 aromatic heterocycles. The van der Waals surface area contributed by atoms with Gasteiger partial charge in [0.25, 0.3) is 0 Å². The van der Waals surface area contributed by atoms with Crippen LogP contribution in [0, 0.1) is 0 Å². The monoisotopic (exact) mass is 267 g/mol. The summed E-state index contributed by atoms with van der Waals surface area (Å²) in [5.41, 5.74) is 20.6. The Morgan fingerprint density at radius 1 is 1.05 bits per heavy atom. The molecule has 6 N–H and O–H groups in total. The Labute approximate surface area is 115 Å². The summed E-state index contributed by atoms with van der Waals surface area (Å²) in [6.07, 6.45) is 0.862. The molecule has 0 fully saturated rings. The molecule has 0 bridgehead atoms. The molecule has 0 aliphatic heterocycles. The second kappa shape index (κ2) is 7.57. The van der Waals surface area contributed by atoms with Gasteiger partial charge < -0.3 is 26.7 Å². The van der Waals surface area contributed by atoms with E-state index in [0.717, 1.165) is 29.5 Å². The van der Waals surface area contributed by atoms with Crippen molar-refractivity contribution in [3.05, 3.63) is 34.9 Å². The Morgan fingerprint density at radius 3 is 2.21 bits per heavy atom. The lowest BCUT2D eigenvalue weighted by Gasteiger charge is -2.19. The third-order valence-electron chi connectivity index (χ3n) is 3.18. The third-order valence-corrected chi connectivity index (χ3v) is 3.18. The standard InChI is InChI=1S/C14H25N3O2/c1-9(15)4-5-10-8-11(13(16)18-2)6-7-12(10)14(17)19-3/h6-9,13-14H,4-5,15-17H2,1-3H3. The van der Waals surface area contributed by atoms with Gasteiger partial charge in [0.2, 0.25) is 0 Å². The number of methoxy groups -OCH3 is 2. The first-order valence-corrected chi connectivity index (χ1v) is 6.44. The van der Waals surface area contributed by atoms with E-state index in [1.54, 1.807) is 14.2 Å². The maximum atomic E-state index is 5.94. The van der Waals surface area contributed by atoms with Crippen LogP contribution in [0.15, 0.2) is 18.2 Å². The van der Waals surface area contributed by atoms with Crippen LogP contribution in [0.1, 0.15) is 42.5 Å². The maximum Gasteiger partial charge on any atom is 0.131 e. The summed E-state index contributed by atoms with van der Waals surface area (Å²) in [5, 5.41) is 0. The van der Waals surface area contributed by atoms with Crippen LogP contribution in [-0.4, -0.2) is 20.3 Å². The molecule has 0 aliphatic carbocycles. The minimum absolute atomic E-state index is 0.145. The van der Waals surface area contributed by atoms with Gasteiger partial charge in [-0.05, 0) is 36.5 Å². The maximum absolute atomic E-state index is 5.94. The van der Waals surface area contributed by atoms with E-state index in [-0.39, 0.29) is 6.04 Å². The molecular weight excluding hydrogens is 242 g/mol. The highest BCUT2D eigenvalue weighted by Gasteiger charge is 2.14. The lowest BCUT2D eigenvalue weighted by molar-refractivity contribution is 0.106. The summed E-state index contributed by atoms with van der Waals surface area (Å²) in [6, 6.07) is 6.02. The fourth-order valence-corrected chi connectivity index (χ4v) is 1.94. The minimum Gasteiger partial charge on any atom is -0.363 e. The highest BCUT2D eigenvalue weighted by molar-refractivity contribution is 5.34. The highest BCUT2D eigenvalue weighted by Crippen LogP contribution is 2.23. The molecule has 0 radical (unpaired) electrons. The fraction of sp³-hybridized carbons (Fsp3) is 0.571. The zero-order valence-corrected chi connectivity index (χ0v) is 11.9. The number of rotatable bonds is 7. The van der Waals surface area contributed by atoms with E-state index in [0.29, 0.717) is 0 Å². The smallest absolute Gasteiger partial charge is 0.131 e. The third kappa shape index (κ3) is 4.56. The predicted octanol–water partition coefficient (Wildman–Crippen LogP) is 1.17. The SMILES string of the molecule is COC(N)c1ccc(C(N)OC)c(CCC(C)N)c1. The van der Waals surface area contributed by atoms with E-state index < -0.39 is 12.5 Å². The predicted molar refractivity (Wildman–Crippen MR) is 76.3 cm³/mol. The van der Waals surface area contributed by atoms with Crippen LogP contribution >= 0.6 is 0 Å². The van der Waals surface area contributed by atoms with Gasteiger partial charge in [0, 0.05) is 20.3 Å². The second-order valence-corrected chi connectivity index (χ2v) is 4.79. The Balaban J connectivity index is 3.03. The molecule has 1 aromatic rings. The van der Waals surface area contributed by atoms with Crippen molar-refractivity contribution in [3.8, 4) is 0 Å². The fourth-order valence-electron chi connectivity index (χ4n) is 1.94. The van der Waals surface area contributed by atoms with Crippen LogP contribution in [0.25, 0.3) is 0 Å². The zero-order chi connectivity index (χ0) is 14.4. The van der Waals surface area contributed by atoms with E-state index in [9.17, 15) is 0 Å². The molecule has 1 rings (SSSR count). The Kier molecular flexibility index (Phi) is 6.41. The highest BCUT2D eigenvalue weighted by atomic mass is 16.5. The summed E-state index contributed by atoms with van der Waals surface area (Å²) in [4.78, 5) is 0. The summed E-state index contributed by atoms with van der Waals surface area (Å²) < 4.78 is 10.3. The Bertz CT molecular complexity index is 396. The minimum atomic E-state index is -0.434. The summed E-state index contributed by atoms with van der Waals surface area (Å²) in [5.74, 6) is 0. The second-order valence-electron chi connectivity index (χ2n) is 4.79. The summed E-state index contributed by atoms with van der Waals surface area (Å²) >= 11 is 0. The van der Waals surface area contributed by atoms with E-state index in [1.165, 1.54) is 0 Å². The van der Waals surface area contributed by atoms with Gasteiger partial charge in [-0.2, -0.15) is 0 Å². The molecule has 3 unspecified atom stereocenters. The lowest BCUT2D eigenvalue weighted by atomic mass is 9.97. The van der Waals surface area contributed by atoms with Gasteiger partial charge in [0.1, 0.15) is 12.5 Å². The van der Waals surface area contributed by atoms with Crippen LogP contribution in [0.4, 0.5) is 0 Å². The molecule has 1 aromatic carbocycles. The Morgan fingerprint density at radius 2 is 1.68 bits per heavy atom. The van der Waals surface area contributed by atoms with Crippen molar-refractivity contribution in [2.45, 2.75) is 38.3 Å². The van der Waals surface area contributed by atoms with Gasteiger partial charge in [-0.15, -0.1) is 0 Å². The van der Waals surface area contributed by atoms with Crippen LogP contribution < -0.4 is 17.2 Å². The van der Waals surface area contributed by atoms with E-state index in [4.69, 9.17) is 26.7 Å². The average molecular weight is 267 g/mol. The van der Waals surface area contributed by atoms with Gasteiger partial charge in [0.05, 0.1) is 0 Å². The van der Waals surface area contributed by atoms with Crippen molar-refractivity contribution >= 4 is 0 Å². The van der Waals surface area contributed by atoms with Crippen molar-refractivity contribution in [1.82, 2.24) is 0 Å². The van der Waals surface area contributed by atoms with Crippen LogP contribution in [0.5, 0.6) is 0 Å². The van der Waals surface area contributed by atoms with E-state index in [1.807, 2.05) is 25.1 Å². The topological polar surface area (TPSA) is 96.5 Å². The van der Waals surface area contributed by atoms with Crippen LogP contribution in [-0.2, 0) is 15.9 Å². The lowest BCUT2D eigenvalue weighted by Crippen LogP contribution is -2.19. The molecule has 5 nitrogen and oxygen atoms in total. The molecule has 108 valence electrons. The number of aryl methyl sites for hydroxylation is 1. The normalized spacial score (nSPS) is 16.1. The number of ether oxygens (including phenoxy) is 2. The molecule has 19 heavy (non-hydrogen) atoms. The zero-order valence-electron chi connectivity index (χ0n) is 11.9. The van der Waals surface area contributed by atoms with Crippen molar-refractivity contribution in [3.63, 3.8) is 0 Å². The largest absolute Gasteiger partial charge is 0.363 e. The number of hydrogen-bond donors (Lipinski definition) is 3. The molecule has 0 spiro atoms. The molecule has 0 amide bonds. The molecule has 0 heterocycles. The van der Waals surface area contributed by atoms with E-state index in [2.05, 4.69) is 0 Å². The molecule has 0 saturated carbocycles. The molecule has 0 aliphatic rings. The average Bonchev–Trinajstić information content (AvgIpc) is 2.42. The Hall–Kier alpha value is -0.980. The van der Waals surface area contributed by atoms with E-state index >= 15 is 0 Å². The van der Waals surface area contributed by atoms with Gasteiger partial charge in [-0.1, -0.05) is 18.2 Å². The van der Waals surface area contributed by atoms with Crippen molar-refractivity contribution in [2.75, 3.05) is 14.2 Å². The van der Waals surface area contributed by atoms with Crippen molar-refractivity contribution in [2.24, 2.45) is 17.2 Å². The van der Waals surface area contributed by atoms with Gasteiger partial charge in [-0.3, -0.25) is 0 Å². The van der Waals surface area contributed by atoms with Gasteiger partial charge in [0.15, 0.2) is 0 Å². The molecule has 0 saturated heterocycles. The number of benzene rings is 1. The first-order chi connectivity index (χ1) is 8.99. The van der Waals surface area contributed by atoms with Gasteiger partial charge >= 0.3 is 0 Å². The van der Waals surface area contributed by atoms with Crippen LogP contribution in [0.3, 0.4) is 0 Å². The quantitative estimate of drug-likeness (QED) is 0.644. The molecule has 3 atom stereocenters. The number of nitrogens with two attached hydrogens (primary N) is 3.